The van der Waals surface area contributed by atoms with Crippen molar-refractivity contribution in [2.24, 2.45) is 10.8 Å². The highest BCUT2D eigenvalue weighted by molar-refractivity contribution is 5.91. The number of hydrogen-bond acceptors (Lipinski definition) is 7. The molecule has 0 saturated heterocycles. The van der Waals surface area contributed by atoms with E-state index >= 15 is 0 Å². The maximum atomic E-state index is 6.14. The summed E-state index contributed by atoms with van der Waals surface area (Å²) in [5.74, 6) is 1.72. The standard InChI is InChI=1S/C22H24N4O3/c1-4-27-22-17-12-20(29-19(17)9-10-24-22)18-11-14(2)5-6-16-7-8-21(25-26(16)18)28-13-15(3)23/h5-12,15H,4,13,23H2,1-3H3/t15-/m0/s1. The highest BCUT2D eigenvalue weighted by atomic mass is 16.5. The van der Waals surface area contributed by atoms with Crippen LogP contribution in [0.15, 0.2) is 69.5 Å². The Morgan fingerprint density at radius 1 is 1.24 bits per heavy atom. The fraction of sp³-hybridized carbons (Fsp3) is 0.273. The number of aromatic nitrogens is 1. The van der Waals surface area contributed by atoms with Crippen molar-refractivity contribution in [3.05, 3.63) is 65.7 Å². The number of furan rings is 1. The van der Waals surface area contributed by atoms with Gasteiger partial charge in [0.1, 0.15) is 17.9 Å². The molecule has 0 unspecified atom stereocenters. The van der Waals surface area contributed by atoms with E-state index in [1.54, 1.807) is 6.20 Å². The Morgan fingerprint density at radius 3 is 2.90 bits per heavy atom. The molecule has 4 rings (SSSR count). The average Bonchev–Trinajstić information content (AvgIpc) is 3.07. The Bertz CT molecular complexity index is 1070. The molecule has 2 aliphatic heterocycles. The first-order chi connectivity index (χ1) is 14.0. The highest BCUT2D eigenvalue weighted by Crippen LogP contribution is 2.35. The van der Waals surface area contributed by atoms with Gasteiger partial charge in [0, 0.05) is 24.4 Å². The topological polar surface area (TPSA) is 86.1 Å². The van der Waals surface area contributed by atoms with Gasteiger partial charge in [0.25, 0.3) is 0 Å². The van der Waals surface area contributed by atoms with Gasteiger partial charge < -0.3 is 19.6 Å². The maximum absolute atomic E-state index is 6.14. The molecular formula is C22H24N4O3. The van der Waals surface area contributed by atoms with E-state index in [0.29, 0.717) is 36.3 Å². The van der Waals surface area contributed by atoms with Crippen LogP contribution in [-0.4, -0.2) is 35.1 Å². The van der Waals surface area contributed by atoms with Crippen molar-refractivity contribution in [2.45, 2.75) is 26.8 Å². The van der Waals surface area contributed by atoms with E-state index in [9.17, 15) is 0 Å². The summed E-state index contributed by atoms with van der Waals surface area (Å²) in [5.41, 5.74) is 9.29. The smallest absolute Gasteiger partial charge is 0.231 e. The number of nitrogens with two attached hydrogens (primary N) is 1. The van der Waals surface area contributed by atoms with Gasteiger partial charge in [0.2, 0.25) is 11.8 Å². The third-order valence-corrected chi connectivity index (χ3v) is 4.39. The first-order valence-electron chi connectivity index (χ1n) is 9.62. The second kappa shape index (κ2) is 7.97. The molecule has 7 nitrogen and oxygen atoms in total. The largest absolute Gasteiger partial charge is 0.477 e. The SMILES string of the molecule is CCOc1nccc2oc(C3=CC(C)=CC=C4C=CC(OC[C@H](C)N)=NN43)cc12. The van der Waals surface area contributed by atoms with E-state index in [4.69, 9.17) is 19.6 Å². The Kier molecular flexibility index (Phi) is 5.22. The number of rotatable bonds is 5. The average molecular weight is 392 g/mol. The molecule has 4 heterocycles. The molecule has 29 heavy (non-hydrogen) atoms. The number of pyridine rings is 1. The lowest BCUT2D eigenvalue weighted by atomic mass is 10.2. The van der Waals surface area contributed by atoms with Crippen molar-refractivity contribution in [3.8, 4) is 5.88 Å². The zero-order valence-electron chi connectivity index (χ0n) is 16.8. The second-order valence-electron chi connectivity index (χ2n) is 6.98. The van der Waals surface area contributed by atoms with Crippen molar-refractivity contribution in [2.75, 3.05) is 13.2 Å². The molecule has 0 bridgehead atoms. The molecule has 150 valence electrons. The minimum Gasteiger partial charge on any atom is -0.477 e. The minimum absolute atomic E-state index is 0.0778. The molecule has 1 atom stereocenters. The van der Waals surface area contributed by atoms with Gasteiger partial charge in [-0.25, -0.2) is 9.99 Å². The summed E-state index contributed by atoms with van der Waals surface area (Å²) in [4.78, 5) is 4.31. The van der Waals surface area contributed by atoms with Crippen LogP contribution in [-0.2, 0) is 4.74 Å². The number of fused-ring (bicyclic) bond motifs is 2. The minimum atomic E-state index is -0.0778. The Balaban J connectivity index is 1.76. The Hall–Kier alpha value is -3.32. The molecule has 0 spiro atoms. The van der Waals surface area contributed by atoms with Crippen LogP contribution in [0, 0.1) is 0 Å². The van der Waals surface area contributed by atoms with Crippen LogP contribution in [0.25, 0.3) is 16.7 Å². The van der Waals surface area contributed by atoms with Gasteiger partial charge in [-0.1, -0.05) is 6.08 Å². The fourth-order valence-corrected chi connectivity index (χ4v) is 3.06. The zero-order chi connectivity index (χ0) is 20.4. The summed E-state index contributed by atoms with van der Waals surface area (Å²) < 4.78 is 17.5. The van der Waals surface area contributed by atoms with Crippen molar-refractivity contribution in [1.29, 1.82) is 0 Å². The van der Waals surface area contributed by atoms with Gasteiger partial charge in [-0.3, -0.25) is 0 Å². The van der Waals surface area contributed by atoms with Crippen molar-refractivity contribution in [3.63, 3.8) is 0 Å². The first kappa shape index (κ1) is 19.0. The van der Waals surface area contributed by atoms with Crippen molar-refractivity contribution in [1.82, 2.24) is 9.99 Å². The summed E-state index contributed by atoms with van der Waals surface area (Å²) in [6.07, 6.45) is 11.6. The van der Waals surface area contributed by atoms with Crippen molar-refractivity contribution < 1.29 is 13.9 Å². The highest BCUT2D eigenvalue weighted by Gasteiger charge is 2.24. The molecule has 2 aliphatic rings. The van der Waals surface area contributed by atoms with E-state index in [0.717, 1.165) is 22.4 Å². The first-order valence-corrected chi connectivity index (χ1v) is 9.62. The predicted molar refractivity (Wildman–Crippen MR) is 113 cm³/mol. The summed E-state index contributed by atoms with van der Waals surface area (Å²) >= 11 is 0. The summed E-state index contributed by atoms with van der Waals surface area (Å²) in [6.45, 7) is 6.78. The molecular weight excluding hydrogens is 368 g/mol. The molecule has 0 radical (unpaired) electrons. The molecule has 0 aliphatic carbocycles. The molecule has 0 saturated carbocycles. The molecule has 0 aromatic carbocycles. The quantitative estimate of drug-likeness (QED) is 0.829. The summed E-state index contributed by atoms with van der Waals surface area (Å²) in [5, 5.41) is 7.31. The molecule has 0 amide bonds. The Labute approximate surface area is 169 Å². The van der Waals surface area contributed by atoms with Gasteiger partial charge in [-0.05, 0) is 50.6 Å². The van der Waals surface area contributed by atoms with Gasteiger partial charge in [-0.15, -0.1) is 5.10 Å². The van der Waals surface area contributed by atoms with E-state index in [2.05, 4.69) is 10.1 Å². The maximum Gasteiger partial charge on any atom is 0.231 e. The number of ether oxygens (including phenoxy) is 2. The van der Waals surface area contributed by atoms with Crippen molar-refractivity contribution >= 4 is 22.6 Å². The molecule has 2 N–H and O–H groups in total. The summed E-state index contributed by atoms with van der Waals surface area (Å²) in [6, 6.07) is 3.69. The van der Waals surface area contributed by atoms with Gasteiger partial charge in [0.15, 0.2) is 5.76 Å². The second-order valence-corrected chi connectivity index (χ2v) is 6.98. The molecule has 2 aromatic rings. The van der Waals surface area contributed by atoms with E-state index < -0.39 is 0 Å². The summed E-state index contributed by atoms with van der Waals surface area (Å²) in [7, 11) is 0. The number of hydrazone groups is 1. The van der Waals surface area contributed by atoms with Crippen LogP contribution in [0.4, 0.5) is 0 Å². The third kappa shape index (κ3) is 3.95. The number of hydrogen-bond donors (Lipinski definition) is 1. The lowest BCUT2D eigenvalue weighted by molar-refractivity contribution is 0.276. The monoisotopic (exact) mass is 392 g/mol. The van der Waals surface area contributed by atoms with Crippen LogP contribution >= 0.6 is 0 Å². The van der Waals surface area contributed by atoms with Gasteiger partial charge >= 0.3 is 0 Å². The normalized spacial score (nSPS) is 17.0. The third-order valence-electron chi connectivity index (χ3n) is 4.39. The van der Waals surface area contributed by atoms with Gasteiger partial charge in [-0.2, -0.15) is 0 Å². The van der Waals surface area contributed by atoms with Crippen LogP contribution < -0.4 is 10.5 Å². The number of allylic oxidation sites excluding steroid dienone is 5. The molecule has 7 heteroatoms. The number of nitrogens with zero attached hydrogens (tertiary/aromatic N) is 3. The van der Waals surface area contributed by atoms with E-state index in [-0.39, 0.29) is 6.04 Å². The van der Waals surface area contributed by atoms with E-state index in [1.165, 1.54) is 0 Å². The van der Waals surface area contributed by atoms with Crippen LogP contribution in [0.3, 0.4) is 0 Å². The predicted octanol–water partition coefficient (Wildman–Crippen LogP) is 3.96. The van der Waals surface area contributed by atoms with Crippen LogP contribution in [0.5, 0.6) is 5.88 Å². The molecule has 0 fully saturated rings. The molecule has 2 aromatic heterocycles. The zero-order valence-corrected chi connectivity index (χ0v) is 16.8. The lowest BCUT2D eigenvalue weighted by Crippen LogP contribution is -2.26. The lowest BCUT2D eigenvalue weighted by Gasteiger charge is -2.25. The van der Waals surface area contributed by atoms with Crippen LogP contribution in [0.1, 0.15) is 26.5 Å². The van der Waals surface area contributed by atoms with E-state index in [1.807, 2.05) is 68.3 Å². The Morgan fingerprint density at radius 2 is 2.10 bits per heavy atom. The fourth-order valence-electron chi connectivity index (χ4n) is 3.06. The van der Waals surface area contributed by atoms with Gasteiger partial charge in [0.05, 0.1) is 17.7 Å². The van der Waals surface area contributed by atoms with Crippen LogP contribution in [0.2, 0.25) is 0 Å².